The van der Waals surface area contributed by atoms with Gasteiger partial charge in [-0.05, 0) is 139 Å². The third-order valence-electron chi connectivity index (χ3n) is 14.3. The van der Waals surface area contributed by atoms with E-state index in [1.54, 1.807) is 0 Å². The van der Waals surface area contributed by atoms with E-state index in [1.807, 2.05) is 0 Å². The molecular weight excluding hydrogens is 807 g/mol. The van der Waals surface area contributed by atoms with Gasteiger partial charge in [0.15, 0.2) is 0 Å². The number of nitrogens with zero attached hydrogens (tertiary/aromatic N) is 1. The normalized spacial score (nSPS) is 11.9. The summed E-state index contributed by atoms with van der Waals surface area (Å²) in [6.07, 6.45) is 0. The van der Waals surface area contributed by atoms with E-state index in [2.05, 4.69) is 254 Å². The van der Waals surface area contributed by atoms with Crippen molar-refractivity contribution in [2.45, 2.75) is 0 Å². The van der Waals surface area contributed by atoms with E-state index >= 15 is 0 Å². The molecule has 1 nitrogen and oxygen atoms in total. The molecule has 0 aliphatic carbocycles. The Balaban J connectivity index is 1.13. The van der Waals surface area contributed by atoms with Crippen LogP contribution in [0.1, 0.15) is 0 Å². The molecule has 0 fully saturated rings. The lowest BCUT2D eigenvalue weighted by molar-refractivity contribution is 1.32. The molecule has 0 radical (unpaired) electrons. The highest BCUT2D eigenvalue weighted by Crippen LogP contribution is 2.52. The maximum atomic E-state index is 2.53. The van der Waals surface area contributed by atoms with E-state index in [0.29, 0.717) is 0 Å². The second kappa shape index (κ2) is 14.9. The molecule has 0 saturated carbocycles. The third-order valence-corrected chi connectivity index (χ3v) is 14.3. The van der Waals surface area contributed by atoms with Gasteiger partial charge in [0.1, 0.15) is 0 Å². The molecule has 0 spiro atoms. The standard InChI is InChI=1S/C66H41N/c1-4-18-43(19-5-1)57-41-58(44-20-6-2-7-21-44)65-50-30-13-12-29-49(50)59-40-47(36-37-55(59)66(65)63(57)46-23-8-3-9-24-46)67(60-35-16-25-42-22-10-11-28-48(42)60)61-39-38-54-52-32-15-27-45-26-14-31-51(62(45)52)53-33-17-34-56(61)64(53)54/h1-41H. The summed E-state index contributed by atoms with van der Waals surface area (Å²) in [5.41, 5.74) is 10.7. The van der Waals surface area contributed by atoms with E-state index in [-0.39, 0.29) is 0 Å². The minimum atomic E-state index is 1.11. The quantitative estimate of drug-likeness (QED) is 0.119. The first-order chi connectivity index (χ1) is 33.3. The van der Waals surface area contributed by atoms with Gasteiger partial charge in [-0.2, -0.15) is 0 Å². The number of fused-ring (bicyclic) bond motifs is 9. The molecule has 0 bridgehead atoms. The summed E-state index contributed by atoms with van der Waals surface area (Å²) in [6.45, 7) is 0. The number of benzene rings is 14. The summed E-state index contributed by atoms with van der Waals surface area (Å²) in [4.78, 5) is 2.53. The smallest absolute Gasteiger partial charge is 0.0540 e. The zero-order valence-corrected chi connectivity index (χ0v) is 36.6. The maximum absolute atomic E-state index is 2.53. The van der Waals surface area contributed by atoms with Gasteiger partial charge in [0.25, 0.3) is 0 Å². The fraction of sp³-hybridized carbons (Fsp3) is 0. The molecule has 0 N–H and O–H groups in total. The molecule has 310 valence electrons. The lowest BCUT2D eigenvalue weighted by atomic mass is 9.81. The molecule has 0 atom stereocenters. The summed E-state index contributed by atoms with van der Waals surface area (Å²) in [7, 11) is 0. The van der Waals surface area contributed by atoms with Gasteiger partial charge in [-0.25, -0.2) is 0 Å². The molecule has 0 aliphatic heterocycles. The van der Waals surface area contributed by atoms with Crippen LogP contribution in [-0.2, 0) is 0 Å². The van der Waals surface area contributed by atoms with Gasteiger partial charge in [0, 0.05) is 16.5 Å². The first-order valence-corrected chi connectivity index (χ1v) is 23.3. The Hall–Kier alpha value is -8.78. The van der Waals surface area contributed by atoms with Crippen molar-refractivity contribution in [3.63, 3.8) is 0 Å². The zero-order chi connectivity index (χ0) is 44.0. The average molecular weight is 848 g/mol. The van der Waals surface area contributed by atoms with Crippen LogP contribution < -0.4 is 4.90 Å². The van der Waals surface area contributed by atoms with Gasteiger partial charge >= 0.3 is 0 Å². The van der Waals surface area contributed by atoms with Crippen molar-refractivity contribution < 1.29 is 0 Å². The molecule has 0 aromatic heterocycles. The molecule has 1 heteroatoms. The summed E-state index contributed by atoms with van der Waals surface area (Å²) >= 11 is 0. The van der Waals surface area contributed by atoms with Crippen LogP contribution in [0.4, 0.5) is 17.1 Å². The van der Waals surface area contributed by atoms with E-state index in [0.717, 1.165) is 17.1 Å². The molecule has 0 saturated heterocycles. The molecule has 14 rings (SSSR count). The first kappa shape index (κ1) is 37.6. The van der Waals surface area contributed by atoms with Crippen LogP contribution in [0.15, 0.2) is 249 Å². The van der Waals surface area contributed by atoms with E-state index in [4.69, 9.17) is 0 Å². The monoisotopic (exact) mass is 847 g/mol. The summed E-state index contributed by atoms with van der Waals surface area (Å²) in [6, 6.07) is 92.3. The highest BCUT2D eigenvalue weighted by Gasteiger charge is 2.25. The fourth-order valence-corrected chi connectivity index (χ4v) is 11.5. The van der Waals surface area contributed by atoms with Gasteiger partial charge in [-0.1, -0.05) is 218 Å². The van der Waals surface area contributed by atoms with Crippen LogP contribution >= 0.6 is 0 Å². The molecule has 0 aliphatic rings. The first-order valence-electron chi connectivity index (χ1n) is 23.3. The summed E-state index contributed by atoms with van der Waals surface area (Å²) in [5, 5.41) is 20.1. The molecule has 14 aromatic carbocycles. The van der Waals surface area contributed by atoms with Gasteiger partial charge in [-0.15, -0.1) is 0 Å². The SMILES string of the molecule is c1ccc(-c2cc(-c3ccccc3)c3c4ccccc4c4cc(N(c5cccc6ccccc56)c5ccc6c7cccc8cccc(c9cccc5c96)c87)ccc4c3c2-c2ccccc2)cc1. The van der Waals surface area contributed by atoms with Crippen molar-refractivity contribution in [1.82, 2.24) is 0 Å². The number of hydrogen-bond acceptors (Lipinski definition) is 1. The summed E-state index contributed by atoms with van der Waals surface area (Å²) < 4.78 is 0. The van der Waals surface area contributed by atoms with Gasteiger partial charge in [-0.3, -0.25) is 0 Å². The largest absolute Gasteiger partial charge is 0.309 e. The lowest BCUT2D eigenvalue weighted by Crippen LogP contribution is -2.11. The second-order valence-corrected chi connectivity index (χ2v) is 17.9. The Morgan fingerprint density at radius 3 is 1.42 bits per heavy atom. The summed E-state index contributed by atoms with van der Waals surface area (Å²) in [5.74, 6) is 0. The zero-order valence-electron chi connectivity index (χ0n) is 36.6. The number of hydrogen-bond donors (Lipinski definition) is 0. The molecule has 0 heterocycles. The van der Waals surface area contributed by atoms with Gasteiger partial charge in [0.2, 0.25) is 0 Å². The van der Waals surface area contributed by atoms with Crippen molar-refractivity contribution >= 4 is 103 Å². The van der Waals surface area contributed by atoms with Crippen LogP contribution in [0.25, 0.3) is 120 Å². The Labute approximate surface area is 388 Å². The second-order valence-electron chi connectivity index (χ2n) is 17.9. The molecule has 67 heavy (non-hydrogen) atoms. The van der Waals surface area contributed by atoms with E-state index in [1.165, 1.54) is 120 Å². The van der Waals surface area contributed by atoms with Crippen LogP contribution in [0.3, 0.4) is 0 Å². The van der Waals surface area contributed by atoms with Crippen LogP contribution in [-0.4, -0.2) is 0 Å². The van der Waals surface area contributed by atoms with E-state index < -0.39 is 0 Å². The average Bonchev–Trinajstić information content (AvgIpc) is 3.40. The minimum absolute atomic E-state index is 1.11. The molecular formula is C66H41N. The van der Waals surface area contributed by atoms with Crippen molar-refractivity contribution in [2.75, 3.05) is 4.90 Å². The van der Waals surface area contributed by atoms with Crippen LogP contribution in [0.2, 0.25) is 0 Å². The van der Waals surface area contributed by atoms with Gasteiger partial charge in [0.05, 0.1) is 11.4 Å². The van der Waals surface area contributed by atoms with Crippen LogP contribution in [0, 0.1) is 0 Å². The molecule has 0 unspecified atom stereocenters. The van der Waals surface area contributed by atoms with E-state index in [9.17, 15) is 0 Å². The third kappa shape index (κ3) is 5.68. The topological polar surface area (TPSA) is 3.24 Å². The highest BCUT2D eigenvalue weighted by atomic mass is 15.1. The Bertz CT molecular complexity index is 4190. The lowest BCUT2D eigenvalue weighted by Gasteiger charge is -2.29. The van der Waals surface area contributed by atoms with Crippen molar-refractivity contribution in [3.8, 4) is 33.4 Å². The number of anilines is 3. The maximum Gasteiger partial charge on any atom is 0.0540 e. The van der Waals surface area contributed by atoms with Crippen molar-refractivity contribution in [1.29, 1.82) is 0 Å². The molecule has 0 amide bonds. The van der Waals surface area contributed by atoms with Crippen LogP contribution in [0.5, 0.6) is 0 Å². The van der Waals surface area contributed by atoms with Crippen molar-refractivity contribution in [3.05, 3.63) is 249 Å². The Kier molecular flexibility index (Phi) is 8.35. The van der Waals surface area contributed by atoms with Crippen molar-refractivity contribution in [2.24, 2.45) is 0 Å². The van der Waals surface area contributed by atoms with Gasteiger partial charge < -0.3 is 4.90 Å². The predicted octanol–water partition coefficient (Wildman–Crippen LogP) is 18.8. The highest BCUT2D eigenvalue weighted by molar-refractivity contribution is 6.35. The minimum Gasteiger partial charge on any atom is -0.309 e. The number of rotatable bonds is 6. The molecule has 14 aromatic rings. The predicted molar refractivity (Wildman–Crippen MR) is 289 cm³/mol. The fourth-order valence-electron chi connectivity index (χ4n) is 11.5. The Morgan fingerprint density at radius 1 is 0.224 bits per heavy atom. The Morgan fingerprint density at radius 2 is 0.687 bits per heavy atom.